The average Bonchev–Trinajstić information content (AvgIpc) is 2.69. The molecule has 3 N–H and O–H groups in total. The van der Waals surface area contributed by atoms with Gasteiger partial charge in [0.2, 0.25) is 0 Å². The Morgan fingerprint density at radius 3 is 2.28 bits per heavy atom. The molecule has 0 aliphatic heterocycles. The molecule has 2 aromatic rings. The molecule has 0 radical (unpaired) electrons. The van der Waals surface area contributed by atoms with Crippen LogP contribution in [-0.2, 0) is 4.79 Å². The van der Waals surface area contributed by atoms with Crippen molar-refractivity contribution < 1.29 is 14.3 Å². The Balaban J connectivity index is 1.75. The van der Waals surface area contributed by atoms with Crippen LogP contribution in [0.3, 0.4) is 0 Å². The number of amides is 2. The molecule has 0 heterocycles. The summed E-state index contributed by atoms with van der Waals surface area (Å²) < 4.78 is 5.43. The smallest absolute Gasteiger partial charge is 0.276 e. The van der Waals surface area contributed by atoms with Gasteiger partial charge < -0.3 is 4.74 Å². The first-order valence-corrected chi connectivity index (χ1v) is 10.0. The van der Waals surface area contributed by atoms with Gasteiger partial charge in [-0.25, -0.2) is 0 Å². The van der Waals surface area contributed by atoms with Crippen molar-refractivity contribution in [2.45, 2.75) is 26.2 Å². The maximum absolute atomic E-state index is 12.1. The molecule has 1 atom stereocenters. The zero-order chi connectivity index (χ0) is 21.4. The minimum absolute atomic E-state index is 0.0858. The molecule has 0 aromatic heterocycles. The van der Waals surface area contributed by atoms with E-state index in [4.69, 9.17) is 40.2 Å². The normalized spacial score (nSPS) is 11.3. The number of benzene rings is 2. The van der Waals surface area contributed by atoms with E-state index in [0.717, 1.165) is 6.42 Å². The summed E-state index contributed by atoms with van der Waals surface area (Å²) >= 11 is 16.7. The van der Waals surface area contributed by atoms with Gasteiger partial charge in [-0.2, -0.15) is 0 Å². The summed E-state index contributed by atoms with van der Waals surface area (Å²) in [5.41, 5.74) is 6.24. The van der Waals surface area contributed by atoms with Crippen LogP contribution >= 0.6 is 35.4 Å². The molecule has 6 nitrogen and oxygen atoms in total. The fourth-order valence-corrected chi connectivity index (χ4v) is 3.00. The summed E-state index contributed by atoms with van der Waals surface area (Å²) in [5, 5.41) is 2.97. The average molecular weight is 454 g/mol. The Morgan fingerprint density at radius 1 is 1.07 bits per heavy atom. The Morgan fingerprint density at radius 2 is 1.69 bits per heavy atom. The molecule has 0 saturated carbocycles. The minimum Gasteiger partial charge on any atom is -0.484 e. The molecule has 0 saturated heterocycles. The zero-order valence-corrected chi connectivity index (χ0v) is 18.3. The molecule has 0 bridgehead atoms. The van der Waals surface area contributed by atoms with E-state index in [9.17, 15) is 9.59 Å². The number of ether oxygens (including phenoxy) is 1. The van der Waals surface area contributed by atoms with Crippen LogP contribution in [0.15, 0.2) is 42.5 Å². The molecule has 154 valence electrons. The van der Waals surface area contributed by atoms with Crippen LogP contribution in [0.4, 0.5) is 0 Å². The van der Waals surface area contributed by atoms with E-state index in [1.807, 2.05) is 24.3 Å². The largest absolute Gasteiger partial charge is 0.484 e. The van der Waals surface area contributed by atoms with Crippen molar-refractivity contribution in [3.63, 3.8) is 0 Å². The molecule has 1 unspecified atom stereocenters. The molecule has 9 heteroatoms. The van der Waals surface area contributed by atoms with Gasteiger partial charge >= 0.3 is 0 Å². The first kappa shape index (κ1) is 22.9. The highest BCUT2D eigenvalue weighted by Gasteiger charge is 2.11. The Labute approximate surface area is 184 Å². The number of rotatable bonds is 6. The number of carbonyl (C=O) groups is 2. The summed E-state index contributed by atoms with van der Waals surface area (Å²) in [5.74, 6) is 0.0776. The second kappa shape index (κ2) is 11.0. The van der Waals surface area contributed by atoms with Crippen molar-refractivity contribution in [1.82, 2.24) is 16.2 Å². The molecular formula is C20H21Cl2N3O3S. The van der Waals surface area contributed by atoms with E-state index in [1.54, 1.807) is 0 Å². The Kier molecular flexibility index (Phi) is 8.70. The second-order valence-corrected chi connectivity index (χ2v) is 7.56. The lowest BCUT2D eigenvalue weighted by Gasteiger charge is -2.12. The van der Waals surface area contributed by atoms with Crippen LogP contribution in [-0.4, -0.2) is 23.5 Å². The lowest BCUT2D eigenvalue weighted by atomic mass is 9.99. The predicted octanol–water partition coefficient (Wildman–Crippen LogP) is 4.22. The van der Waals surface area contributed by atoms with Crippen LogP contribution < -0.4 is 20.9 Å². The third-order valence-corrected chi connectivity index (χ3v) is 4.74. The predicted molar refractivity (Wildman–Crippen MR) is 118 cm³/mol. The fourth-order valence-electron chi connectivity index (χ4n) is 2.33. The van der Waals surface area contributed by atoms with Crippen LogP contribution in [0, 0.1) is 0 Å². The molecule has 0 spiro atoms. The highest BCUT2D eigenvalue weighted by molar-refractivity contribution is 7.80. The van der Waals surface area contributed by atoms with Crippen molar-refractivity contribution in [1.29, 1.82) is 0 Å². The molecule has 2 amide bonds. The lowest BCUT2D eigenvalue weighted by molar-refractivity contribution is -0.123. The molecule has 0 fully saturated rings. The van der Waals surface area contributed by atoms with E-state index in [0.29, 0.717) is 21.7 Å². The summed E-state index contributed by atoms with van der Waals surface area (Å²) in [7, 11) is 0. The first-order valence-electron chi connectivity index (χ1n) is 8.87. The van der Waals surface area contributed by atoms with Crippen molar-refractivity contribution in [3.05, 3.63) is 63.6 Å². The number of hydrogen-bond donors (Lipinski definition) is 3. The molecule has 0 aliphatic carbocycles. The third kappa shape index (κ3) is 7.53. The monoisotopic (exact) mass is 453 g/mol. The van der Waals surface area contributed by atoms with E-state index >= 15 is 0 Å². The summed E-state index contributed by atoms with van der Waals surface area (Å²) in [6, 6.07) is 12.0. The summed E-state index contributed by atoms with van der Waals surface area (Å²) in [4.78, 5) is 24.0. The number of hydrazine groups is 1. The van der Waals surface area contributed by atoms with Crippen LogP contribution in [0.5, 0.6) is 5.75 Å². The molecule has 29 heavy (non-hydrogen) atoms. The fraction of sp³-hybridized carbons (Fsp3) is 0.250. The Hall–Kier alpha value is -2.35. The zero-order valence-electron chi connectivity index (χ0n) is 15.9. The van der Waals surface area contributed by atoms with Crippen molar-refractivity contribution in [2.75, 3.05) is 6.61 Å². The van der Waals surface area contributed by atoms with Crippen molar-refractivity contribution >= 4 is 52.3 Å². The topological polar surface area (TPSA) is 79.5 Å². The highest BCUT2D eigenvalue weighted by atomic mass is 35.5. The van der Waals surface area contributed by atoms with Gasteiger partial charge in [-0.15, -0.1) is 0 Å². The highest BCUT2D eigenvalue weighted by Crippen LogP contribution is 2.21. The molecule has 2 aromatic carbocycles. The minimum atomic E-state index is -0.515. The first-order chi connectivity index (χ1) is 13.8. The van der Waals surface area contributed by atoms with Crippen molar-refractivity contribution in [3.8, 4) is 5.75 Å². The van der Waals surface area contributed by atoms with Gasteiger partial charge in [0.1, 0.15) is 5.75 Å². The van der Waals surface area contributed by atoms with Gasteiger partial charge in [0.25, 0.3) is 11.8 Å². The van der Waals surface area contributed by atoms with Crippen LogP contribution in [0.1, 0.15) is 42.1 Å². The quantitative estimate of drug-likeness (QED) is 0.450. The van der Waals surface area contributed by atoms with E-state index in [1.165, 1.54) is 23.8 Å². The number of halogens is 2. The van der Waals surface area contributed by atoms with Gasteiger partial charge in [0.15, 0.2) is 11.7 Å². The maximum atomic E-state index is 12.1. The molecule has 0 aliphatic rings. The van der Waals surface area contributed by atoms with E-state index < -0.39 is 11.8 Å². The maximum Gasteiger partial charge on any atom is 0.276 e. The second-order valence-electron chi connectivity index (χ2n) is 6.28. The summed E-state index contributed by atoms with van der Waals surface area (Å²) in [6.07, 6.45) is 1.05. The Bertz CT molecular complexity index is 871. The van der Waals surface area contributed by atoms with Crippen molar-refractivity contribution in [2.24, 2.45) is 0 Å². The number of thiocarbonyl (C=S) groups is 1. The van der Waals surface area contributed by atoms with E-state index in [2.05, 4.69) is 30.0 Å². The van der Waals surface area contributed by atoms with Gasteiger partial charge in [-0.05, 0) is 60.5 Å². The standard InChI is InChI=1S/C20H21Cl2N3O3S/c1-3-12(2)13-4-6-17(7-5-13)28-11-18(26)24-25-20(29)23-19(27)14-8-15(21)10-16(22)9-14/h4-10,12H,3,11H2,1-2H3,(H,24,26)(H2,23,25,27,29). The lowest BCUT2D eigenvalue weighted by Crippen LogP contribution is -2.49. The van der Waals surface area contributed by atoms with Gasteiger partial charge in [-0.1, -0.05) is 49.2 Å². The SMILES string of the molecule is CCC(C)c1ccc(OCC(=O)NNC(=S)NC(=O)c2cc(Cl)cc(Cl)c2)cc1. The number of nitrogens with one attached hydrogen (secondary N) is 3. The molecule has 2 rings (SSSR count). The summed E-state index contributed by atoms with van der Waals surface area (Å²) in [6.45, 7) is 4.07. The third-order valence-electron chi connectivity index (χ3n) is 4.10. The van der Waals surface area contributed by atoms with Crippen LogP contribution in [0.2, 0.25) is 10.0 Å². The molecular weight excluding hydrogens is 433 g/mol. The number of carbonyl (C=O) groups excluding carboxylic acids is 2. The van der Waals surface area contributed by atoms with Gasteiger partial charge in [-0.3, -0.25) is 25.8 Å². The van der Waals surface area contributed by atoms with E-state index in [-0.39, 0.29) is 17.3 Å². The van der Waals surface area contributed by atoms with Gasteiger partial charge in [0, 0.05) is 15.6 Å². The van der Waals surface area contributed by atoms with Gasteiger partial charge in [0.05, 0.1) is 0 Å². The number of hydrogen-bond acceptors (Lipinski definition) is 4. The van der Waals surface area contributed by atoms with Crippen LogP contribution in [0.25, 0.3) is 0 Å².